The molecule has 4 aromatic rings. The van der Waals surface area contributed by atoms with Gasteiger partial charge in [-0.2, -0.15) is 0 Å². The smallest absolute Gasteiger partial charge is 0.305 e. The number of aromatic nitrogens is 1. The molecule has 202 valence electrons. The van der Waals surface area contributed by atoms with Crippen molar-refractivity contribution in [2.45, 2.75) is 16.2 Å². The van der Waals surface area contributed by atoms with Gasteiger partial charge in [0.15, 0.2) is 6.61 Å². The van der Waals surface area contributed by atoms with E-state index in [1.165, 1.54) is 24.3 Å². The van der Waals surface area contributed by atoms with E-state index in [1.807, 2.05) is 0 Å². The summed E-state index contributed by atoms with van der Waals surface area (Å²) >= 11 is 8.03. The minimum Gasteiger partial charge on any atom is -0.484 e. The number of fused-ring (bicyclic) bond motifs is 2. The van der Waals surface area contributed by atoms with Crippen LogP contribution in [-0.4, -0.2) is 34.6 Å². The quantitative estimate of drug-likeness (QED) is 0.302. The van der Waals surface area contributed by atoms with Gasteiger partial charge in [0.25, 0.3) is 5.91 Å². The summed E-state index contributed by atoms with van der Waals surface area (Å²) < 4.78 is 19.3. The largest absolute Gasteiger partial charge is 0.484 e. The minimum atomic E-state index is -0.801. The van der Waals surface area contributed by atoms with Gasteiger partial charge in [-0.1, -0.05) is 46.8 Å². The number of H-pyrrole nitrogens is 1. The maximum Gasteiger partial charge on any atom is 0.305 e. The van der Waals surface area contributed by atoms with Gasteiger partial charge in [0.1, 0.15) is 16.8 Å². The van der Waals surface area contributed by atoms with Gasteiger partial charge in [-0.15, -0.1) is 0 Å². The van der Waals surface area contributed by atoms with E-state index in [4.69, 9.17) is 16.3 Å². The number of hydrogen-bond donors (Lipinski definition) is 2. The highest BCUT2D eigenvalue weighted by molar-refractivity contribution is 8.00. The van der Waals surface area contributed by atoms with Crippen LogP contribution < -0.4 is 19.8 Å². The highest BCUT2D eigenvalue weighted by Crippen LogP contribution is 2.53. The number of hydrogen-bond acceptors (Lipinski definition) is 7. The van der Waals surface area contributed by atoms with Gasteiger partial charge >= 0.3 is 4.87 Å². The van der Waals surface area contributed by atoms with Crippen molar-refractivity contribution in [2.75, 3.05) is 16.8 Å². The van der Waals surface area contributed by atoms with Gasteiger partial charge in [-0.3, -0.25) is 19.2 Å². The Labute approximate surface area is 240 Å². The first-order valence-electron chi connectivity index (χ1n) is 12.1. The fraction of sp³-hybridized carbons (Fsp3) is 0.143. The molecule has 2 aliphatic rings. The van der Waals surface area contributed by atoms with Gasteiger partial charge in [0.05, 0.1) is 16.6 Å². The first kappa shape index (κ1) is 26.3. The Bertz CT molecular complexity index is 1690. The molecule has 6 rings (SSSR count). The molecule has 2 aliphatic heterocycles. The molecule has 3 atom stereocenters. The summed E-state index contributed by atoms with van der Waals surface area (Å²) in [4.78, 5) is 56.2. The number of rotatable bonds is 6. The lowest BCUT2D eigenvalue weighted by Crippen LogP contribution is -2.32. The number of imide groups is 1. The van der Waals surface area contributed by atoms with Crippen LogP contribution in [0.3, 0.4) is 0 Å². The van der Waals surface area contributed by atoms with Crippen LogP contribution in [0.15, 0.2) is 82.6 Å². The van der Waals surface area contributed by atoms with Gasteiger partial charge in [-0.05, 0) is 66.2 Å². The van der Waals surface area contributed by atoms with Gasteiger partial charge in [0, 0.05) is 21.5 Å². The van der Waals surface area contributed by atoms with Crippen LogP contribution in [0.2, 0.25) is 5.02 Å². The van der Waals surface area contributed by atoms with E-state index in [2.05, 4.69) is 10.3 Å². The average Bonchev–Trinajstić information content (AvgIpc) is 3.43. The zero-order valence-corrected chi connectivity index (χ0v) is 22.8. The van der Waals surface area contributed by atoms with Crippen LogP contribution in [0.5, 0.6) is 5.75 Å². The number of ether oxygens (including phenoxy) is 1. The van der Waals surface area contributed by atoms with Crippen molar-refractivity contribution < 1.29 is 23.5 Å². The monoisotopic (exact) mass is 595 g/mol. The Balaban J connectivity index is 1.28. The molecule has 0 aliphatic carbocycles. The van der Waals surface area contributed by atoms with E-state index in [9.17, 15) is 23.6 Å². The highest BCUT2D eigenvalue weighted by atomic mass is 35.5. The second kappa shape index (κ2) is 10.6. The fourth-order valence-electron chi connectivity index (χ4n) is 4.90. The van der Waals surface area contributed by atoms with Crippen molar-refractivity contribution in [3.63, 3.8) is 0 Å². The number of carbonyl (C=O) groups excluding carboxylic acids is 3. The molecule has 0 unspecified atom stereocenters. The molecule has 3 heterocycles. The number of halogens is 2. The van der Waals surface area contributed by atoms with Crippen molar-refractivity contribution >= 4 is 63.8 Å². The van der Waals surface area contributed by atoms with Crippen LogP contribution in [-0.2, 0) is 14.4 Å². The molecule has 0 spiro atoms. The molecule has 3 aromatic carbocycles. The second-order valence-electron chi connectivity index (χ2n) is 9.15. The molecule has 1 fully saturated rings. The third-order valence-electron chi connectivity index (χ3n) is 6.62. The first-order valence-corrected chi connectivity index (χ1v) is 14.2. The van der Waals surface area contributed by atoms with Crippen LogP contribution in [0.4, 0.5) is 15.8 Å². The highest BCUT2D eigenvalue weighted by Gasteiger charge is 2.56. The SMILES string of the molecule is O=C(COc1cccc([C@@H]2c3sc(=O)[nH]c3S[C@H]3C(=O)N(c4ccc(F)cc4)C(=O)[C@@H]23)c1)Nc1ccc(Cl)cc1. The molecule has 0 bridgehead atoms. The topological polar surface area (TPSA) is 109 Å². The Morgan fingerprint density at radius 3 is 2.52 bits per heavy atom. The zero-order valence-electron chi connectivity index (χ0n) is 20.4. The Hall–Kier alpha value is -3.93. The van der Waals surface area contributed by atoms with Crippen LogP contribution >= 0.6 is 34.7 Å². The lowest BCUT2D eigenvalue weighted by molar-refractivity contribution is -0.122. The van der Waals surface area contributed by atoms with Crippen LogP contribution in [0.1, 0.15) is 16.4 Å². The van der Waals surface area contributed by atoms with E-state index < -0.39 is 34.7 Å². The molecule has 1 saturated heterocycles. The van der Waals surface area contributed by atoms with Crippen molar-refractivity contribution in [3.05, 3.63) is 104 Å². The summed E-state index contributed by atoms with van der Waals surface area (Å²) in [6.45, 7) is -0.267. The van der Waals surface area contributed by atoms with Gasteiger partial charge in [-0.25, -0.2) is 9.29 Å². The number of carbonyl (C=O) groups is 3. The number of nitrogens with zero attached hydrogens (tertiary/aromatic N) is 1. The molecule has 3 amide bonds. The molecule has 2 N–H and O–H groups in total. The number of aromatic amines is 1. The molecular weight excluding hydrogens is 577 g/mol. The molecule has 0 radical (unpaired) electrons. The van der Waals surface area contributed by atoms with E-state index in [-0.39, 0.29) is 23.1 Å². The predicted octanol–water partition coefficient (Wildman–Crippen LogP) is 5.04. The van der Waals surface area contributed by atoms with E-state index in [0.717, 1.165) is 28.0 Å². The van der Waals surface area contributed by atoms with Crippen molar-refractivity contribution in [1.29, 1.82) is 0 Å². The van der Waals surface area contributed by atoms with Crippen molar-refractivity contribution in [1.82, 2.24) is 4.98 Å². The molecule has 0 saturated carbocycles. The standard InChI is InChI=1S/C28H19ClFN3O5S2/c29-15-4-8-17(9-5-15)31-20(34)13-38-19-3-1-2-14(12-19)21-22-24(39-25-23(21)40-28(37)32-25)27(36)33(26(22)35)18-10-6-16(30)7-11-18/h1-12,21-22,24H,13H2,(H,31,34)(H,32,37)/t21-,22-,24+/m0/s1. The Morgan fingerprint density at radius 1 is 1.02 bits per heavy atom. The maximum absolute atomic E-state index is 13.8. The number of thioether (sulfide) groups is 1. The number of thiazole rings is 1. The summed E-state index contributed by atoms with van der Waals surface area (Å²) in [7, 11) is 0. The third kappa shape index (κ3) is 4.91. The van der Waals surface area contributed by atoms with Crippen molar-refractivity contribution in [2.24, 2.45) is 5.92 Å². The summed E-state index contributed by atoms with van der Waals surface area (Å²) in [5.74, 6) is -2.75. The number of nitrogens with one attached hydrogen (secondary N) is 2. The summed E-state index contributed by atoms with van der Waals surface area (Å²) in [5.41, 5.74) is 1.51. The van der Waals surface area contributed by atoms with E-state index in [1.54, 1.807) is 48.5 Å². The van der Waals surface area contributed by atoms with Crippen molar-refractivity contribution in [3.8, 4) is 5.75 Å². The molecular formula is C28H19ClFN3O5S2. The van der Waals surface area contributed by atoms with Crippen LogP contribution in [0.25, 0.3) is 0 Å². The average molecular weight is 596 g/mol. The first-order chi connectivity index (χ1) is 19.3. The zero-order chi connectivity index (χ0) is 28.0. The number of anilines is 2. The second-order valence-corrected chi connectivity index (χ2v) is 11.8. The molecule has 1 aromatic heterocycles. The summed E-state index contributed by atoms with van der Waals surface area (Å²) in [5, 5.41) is 3.03. The summed E-state index contributed by atoms with van der Waals surface area (Å²) in [6.07, 6.45) is 0. The van der Waals surface area contributed by atoms with Crippen LogP contribution in [0, 0.1) is 11.7 Å². The Morgan fingerprint density at radius 2 is 1.77 bits per heavy atom. The number of amides is 3. The molecule has 12 heteroatoms. The fourth-order valence-corrected chi connectivity index (χ4v) is 7.54. The lowest BCUT2D eigenvalue weighted by atomic mass is 9.83. The van der Waals surface area contributed by atoms with E-state index in [0.29, 0.717) is 31.9 Å². The number of benzene rings is 3. The molecule has 8 nitrogen and oxygen atoms in total. The predicted molar refractivity (Wildman–Crippen MR) is 151 cm³/mol. The van der Waals surface area contributed by atoms with Gasteiger partial charge < -0.3 is 15.0 Å². The summed E-state index contributed by atoms with van der Waals surface area (Å²) in [6, 6.07) is 18.8. The minimum absolute atomic E-state index is 0.267. The molecule has 40 heavy (non-hydrogen) atoms. The van der Waals surface area contributed by atoms with E-state index >= 15 is 0 Å². The normalized spacial score (nSPS) is 19.8. The lowest BCUT2D eigenvalue weighted by Gasteiger charge is -2.30. The third-order valence-corrected chi connectivity index (χ3v) is 9.28. The van der Waals surface area contributed by atoms with Gasteiger partial charge in [0.2, 0.25) is 11.8 Å². The Kier molecular flexibility index (Phi) is 6.95. The maximum atomic E-state index is 13.8.